The molecule has 0 amide bonds. The lowest BCUT2D eigenvalue weighted by Crippen LogP contribution is -2.05. The van der Waals surface area contributed by atoms with Gasteiger partial charge in [-0.3, -0.25) is 0 Å². The lowest BCUT2D eigenvalue weighted by atomic mass is 10.2. The topological polar surface area (TPSA) is 52.5 Å². The first-order chi connectivity index (χ1) is 5.66. The Bertz CT molecular complexity index is 289. The predicted molar refractivity (Wildman–Crippen MR) is 42.5 cm³/mol. The third-order valence-electron chi connectivity index (χ3n) is 1.55. The summed E-state index contributed by atoms with van der Waals surface area (Å²) in [4.78, 5) is 0. The Labute approximate surface area is 69.5 Å². The molecular weight excluding hydrogens is 161 g/mol. The minimum atomic E-state index is -0.813. The van der Waals surface area contributed by atoms with E-state index in [4.69, 9.17) is 5.11 Å². The zero-order chi connectivity index (χ0) is 9.14. The number of benzene rings is 1. The first-order valence-corrected chi connectivity index (χ1v) is 3.50. The van der Waals surface area contributed by atoms with Gasteiger partial charge in [-0.05, 0) is 13.1 Å². The second kappa shape index (κ2) is 3.40. The largest absolute Gasteiger partial charge is 0.504 e. The molecule has 1 aromatic carbocycles. The zero-order valence-corrected chi connectivity index (χ0v) is 6.63. The van der Waals surface area contributed by atoms with E-state index < -0.39 is 17.3 Å². The first-order valence-electron chi connectivity index (χ1n) is 3.50. The quantitative estimate of drug-likeness (QED) is 0.581. The number of phenols is 2. The predicted octanol–water partition coefficient (Wildman–Crippen LogP) is 0.956. The smallest absolute Gasteiger partial charge is 0.194 e. The van der Waals surface area contributed by atoms with Crippen LogP contribution < -0.4 is 5.32 Å². The molecule has 1 rings (SSSR count). The van der Waals surface area contributed by atoms with Crippen molar-refractivity contribution in [1.82, 2.24) is 5.32 Å². The fraction of sp³-hybridized carbons (Fsp3) is 0.250. The number of phenolic OH excluding ortho intramolecular Hbond substituents is 2. The highest BCUT2D eigenvalue weighted by atomic mass is 19.1. The summed E-state index contributed by atoms with van der Waals surface area (Å²) in [5.41, 5.74) is 0.469. The second-order valence-corrected chi connectivity index (χ2v) is 2.43. The minimum Gasteiger partial charge on any atom is -0.504 e. The highest BCUT2D eigenvalue weighted by Gasteiger charge is 2.09. The third kappa shape index (κ3) is 1.48. The molecule has 12 heavy (non-hydrogen) atoms. The Balaban J connectivity index is 3.08. The van der Waals surface area contributed by atoms with Crippen LogP contribution in [0.25, 0.3) is 0 Å². The number of rotatable bonds is 2. The van der Waals surface area contributed by atoms with Crippen LogP contribution in [0.4, 0.5) is 4.39 Å². The fourth-order valence-electron chi connectivity index (χ4n) is 0.930. The minimum absolute atomic E-state index is 0.389. The number of hydrogen-bond donors (Lipinski definition) is 3. The van der Waals surface area contributed by atoms with Crippen molar-refractivity contribution in [2.24, 2.45) is 0 Å². The van der Waals surface area contributed by atoms with Crippen molar-refractivity contribution < 1.29 is 14.6 Å². The van der Waals surface area contributed by atoms with Gasteiger partial charge in [0, 0.05) is 12.1 Å². The second-order valence-electron chi connectivity index (χ2n) is 2.43. The zero-order valence-electron chi connectivity index (χ0n) is 6.63. The van der Waals surface area contributed by atoms with Crippen LogP contribution in [0.5, 0.6) is 11.5 Å². The van der Waals surface area contributed by atoms with Gasteiger partial charge in [0.1, 0.15) is 0 Å². The van der Waals surface area contributed by atoms with Gasteiger partial charge in [0.05, 0.1) is 0 Å². The SMILES string of the molecule is CNCc1ccc(F)c(O)c1O. The molecule has 0 saturated heterocycles. The molecule has 0 aliphatic heterocycles. The molecule has 4 heteroatoms. The Hall–Kier alpha value is -1.29. The molecule has 0 aliphatic rings. The third-order valence-corrected chi connectivity index (χ3v) is 1.55. The summed E-state index contributed by atoms with van der Waals surface area (Å²) < 4.78 is 12.6. The maximum atomic E-state index is 12.6. The highest BCUT2D eigenvalue weighted by Crippen LogP contribution is 2.31. The van der Waals surface area contributed by atoms with Crippen LogP contribution in [0.3, 0.4) is 0 Å². The maximum Gasteiger partial charge on any atom is 0.194 e. The normalized spacial score (nSPS) is 10.2. The molecule has 0 fully saturated rings. The molecule has 0 bridgehead atoms. The summed E-state index contributed by atoms with van der Waals surface area (Å²) in [5.74, 6) is -1.90. The van der Waals surface area contributed by atoms with Crippen molar-refractivity contribution in [2.45, 2.75) is 6.54 Å². The summed E-state index contributed by atoms with van der Waals surface area (Å²) in [5, 5.41) is 20.9. The molecule has 0 spiro atoms. The van der Waals surface area contributed by atoms with Gasteiger partial charge in [0.2, 0.25) is 0 Å². The molecule has 0 unspecified atom stereocenters. The van der Waals surface area contributed by atoms with Gasteiger partial charge >= 0.3 is 0 Å². The van der Waals surface area contributed by atoms with Gasteiger partial charge in [-0.15, -0.1) is 0 Å². The van der Waals surface area contributed by atoms with Crippen molar-refractivity contribution in [1.29, 1.82) is 0 Å². The Kier molecular flexibility index (Phi) is 2.50. The van der Waals surface area contributed by atoms with E-state index in [1.54, 1.807) is 7.05 Å². The lowest BCUT2D eigenvalue weighted by Gasteiger charge is -2.05. The van der Waals surface area contributed by atoms with Gasteiger partial charge in [0.15, 0.2) is 17.3 Å². The molecule has 0 saturated carbocycles. The van der Waals surface area contributed by atoms with Crippen LogP contribution in [0.2, 0.25) is 0 Å². The lowest BCUT2D eigenvalue weighted by molar-refractivity contribution is 0.374. The molecule has 1 aromatic rings. The van der Waals surface area contributed by atoms with E-state index in [9.17, 15) is 9.50 Å². The highest BCUT2D eigenvalue weighted by molar-refractivity contribution is 5.45. The molecule has 3 N–H and O–H groups in total. The van der Waals surface area contributed by atoms with E-state index in [1.807, 2.05) is 0 Å². The van der Waals surface area contributed by atoms with Gasteiger partial charge in [-0.25, -0.2) is 4.39 Å². The summed E-state index contributed by atoms with van der Waals surface area (Å²) in [7, 11) is 1.69. The van der Waals surface area contributed by atoms with Crippen LogP contribution in [-0.4, -0.2) is 17.3 Å². The average Bonchev–Trinajstić information content (AvgIpc) is 2.07. The van der Waals surface area contributed by atoms with Gasteiger partial charge < -0.3 is 15.5 Å². The number of hydrogen-bond acceptors (Lipinski definition) is 3. The number of halogens is 1. The molecule has 3 nitrogen and oxygen atoms in total. The van der Waals surface area contributed by atoms with Gasteiger partial charge in [-0.2, -0.15) is 0 Å². The molecule has 0 atom stereocenters. The average molecular weight is 171 g/mol. The van der Waals surface area contributed by atoms with E-state index in [1.165, 1.54) is 6.07 Å². The summed E-state index contributed by atoms with van der Waals surface area (Å²) in [6, 6.07) is 2.53. The van der Waals surface area contributed by atoms with Crippen LogP contribution >= 0.6 is 0 Å². The van der Waals surface area contributed by atoms with E-state index in [2.05, 4.69) is 5.32 Å². The van der Waals surface area contributed by atoms with Crippen molar-refractivity contribution >= 4 is 0 Å². The summed E-state index contributed by atoms with van der Waals surface area (Å²) in [6.07, 6.45) is 0. The summed E-state index contributed by atoms with van der Waals surface area (Å²) in [6.45, 7) is 0.389. The fourth-order valence-corrected chi connectivity index (χ4v) is 0.930. The van der Waals surface area contributed by atoms with E-state index in [-0.39, 0.29) is 0 Å². The Morgan fingerprint density at radius 3 is 2.58 bits per heavy atom. The molecule has 0 aliphatic carbocycles. The van der Waals surface area contributed by atoms with Crippen molar-refractivity contribution in [3.8, 4) is 11.5 Å². The number of aromatic hydroxyl groups is 2. The van der Waals surface area contributed by atoms with Crippen LogP contribution in [0.1, 0.15) is 5.56 Å². The van der Waals surface area contributed by atoms with Crippen LogP contribution in [0.15, 0.2) is 12.1 Å². The molecular formula is C8H10FNO2. The first kappa shape index (κ1) is 8.80. The maximum absolute atomic E-state index is 12.6. The van der Waals surface area contributed by atoms with E-state index >= 15 is 0 Å². The monoisotopic (exact) mass is 171 g/mol. The van der Waals surface area contributed by atoms with E-state index in [0.29, 0.717) is 12.1 Å². The van der Waals surface area contributed by atoms with Gasteiger partial charge in [-0.1, -0.05) is 6.07 Å². The van der Waals surface area contributed by atoms with Gasteiger partial charge in [0.25, 0.3) is 0 Å². The standard InChI is InChI=1S/C8H10FNO2/c1-10-4-5-2-3-6(9)8(12)7(5)11/h2-3,10-12H,4H2,1H3. The van der Waals surface area contributed by atoms with Crippen molar-refractivity contribution in [3.05, 3.63) is 23.5 Å². The Morgan fingerprint density at radius 2 is 2.00 bits per heavy atom. The molecule has 66 valence electrons. The molecule has 0 aromatic heterocycles. The molecule has 0 radical (unpaired) electrons. The Morgan fingerprint density at radius 1 is 1.33 bits per heavy atom. The summed E-state index contributed by atoms with van der Waals surface area (Å²) >= 11 is 0. The van der Waals surface area contributed by atoms with Crippen molar-refractivity contribution in [2.75, 3.05) is 7.05 Å². The van der Waals surface area contributed by atoms with Crippen LogP contribution in [0, 0.1) is 5.82 Å². The van der Waals surface area contributed by atoms with E-state index in [0.717, 1.165) is 6.07 Å². The number of nitrogens with one attached hydrogen (secondary N) is 1. The van der Waals surface area contributed by atoms with Crippen LogP contribution in [-0.2, 0) is 6.54 Å². The molecule has 0 heterocycles. The van der Waals surface area contributed by atoms with Crippen molar-refractivity contribution in [3.63, 3.8) is 0 Å².